The first kappa shape index (κ1) is 20.8. The van der Waals surface area contributed by atoms with Crippen molar-refractivity contribution >= 4 is 27.3 Å². The molecule has 5 nitrogen and oxygen atoms in total. The highest BCUT2D eigenvalue weighted by molar-refractivity contribution is 7.91. The van der Waals surface area contributed by atoms with E-state index < -0.39 is 10.0 Å². The Hall–Kier alpha value is -2.48. The summed E-state index contributed by atoms with van der Waals surface area (Å²) in [4.78, 5) is 14.9. The fourth-order valence-corrected chi connectivity index (χ4v) is 6.38. The summed E-state index contributed by atoms with van der Waals surface area (Å²) >= 11 is 1.22. The van der Waals surface area contributed by atoms with E-state index in [0.717, 1.165) is 11.1 Å². The molecule has 2 heterocycles. The van der Waals surface area contributed by atoms with Gasteiger partial charge in [0, 0.05) is 38.5 Å². The van der Waals surface area contributed by atoms with E-state index in [0.29, 0.717) is 36.8 Å². The Morgan fingerprint density at radius 2 is 1.40 bits per heavy atom. The Morgan fingerprint density at radius 3 is 1.90 bits per heavy atom. The van der Waals surface area contributed by atoms with E-state index in [1.54, 1.807) is 22.4 Å². The number of nitrogens with zero attached hydrogens (tertiary/aromatic N) is 2. The molecule has 0 spiro atoms. The molecule has 1 fully saturated rings. The molecule has 0 radical (unpaired) electrons. The molecule has 1 amide bonds. The first-order valence-electron chi connectivity index (χ1n) is 9.97. The van der Waals surface area contributed by atoms with Crippen LogP contribution in [0.1, 0.15) is 23.5 Å². The zero-order valence-corrected chi connectivity index (χ0v) is 18.2. The van der Waals surface area contributed by atoms with Gasteiger partial charge in [0.1, 0.15) is 4.21 Å². The second-order valence-corrected chi connectivity index (χ2v) is 10.4. The summed E-state index contributed by atoms with van der Waals surface area (Å²) in [5.41, 5.74) is 2.21. The minimum atomic E-state index is -3.46. The zero-order chi connectivity index (χ0) is 21.0. The second kappa shape index (κ2) is 9.12. The first-order valence-corrected chi connectivity index (χ1v) is 12.3. The van der Waals surface area contributed by atoms with Crippen molar-refractivity contribution in [2.75, 3.05) is 26.2 Å². The summed E-state index contributed by atoms with van der Waals surface area (Å²) in [5.74, 6) is 0.0358. The summed E-state index contributed by atoms with van der Waals surface area (Å²) < 4.78 is 27.2. The Morgan fingerprint density at radius 1 is 0.833 bits per heavy atom. The van der Waals surface area contributed by atoms with Crippen LogP contribution < -0.4 is 0 Å². The number of hydrogen-bond donors (Lipinski definition) is 0. The Kier molecular flexibility index (Phi) is 6.32. The van der Waals surface area contributed by atoms with Crippen molar-refractivity contribution in [1.29, 1.82) is 0 Å². The molecule has 0 saturated carbocycles. The lowest BCUT2D eigenvalue weighted by molar-refractivity contribution is -0.132. The van der Waals surface area contributed by atoms with E-state index in [9.17, 15) is 13.2 Å². The summed E-state index contributed by atoms with van der Waals surface area (Å²) in [6.45, 7) is 1.49. The molecule has 3 aromatic rings. The summed E-state index contributed by atoms with van der Waals surface area (Å²) in [6.07, 6.45) is 0.367. The Balaban J connectivity index is 1.44. The maximum atomic E-state index is 13.1. The zero-order valence-electron chi connectivity index (χ0n) is 16.6. The smallest absolute Gasteiger partial charge is 0.252 e. The van der Waals surface area contributed by atoms with E-state index in [1.165, 1.54) is 15.6 Å². The monoisotopic (exact) mass is 440 g/mol. The fraction of sp³-hybridized carbons (Fsp3) is 0.261. The Labute approximate surface area is 181 Å². The molecule has 0 bridgehead atoms. The topological polar surface area (TPSA) is 57.7 Å². The SMILES string of the molecule is O=C(CC(c1ccccc1)c1ccccc1)N1CCN(S(=O)(=O)c2cccs2)CC1. The Bertz CT molecular complexity index is 1020. The van der Waals surface area contributed by atoms with Crippen molar-refractivity contribution in [1.82, 2.24) is 9.21 Å². The summed E-state index contributed by atoms with van der Waals surface area (Å²) in [5, 5.41) is 1.76. The standard InChI is InChI=1S/C23H24N2O3S2/c26-22(18-21(19-8-3-1-4-9-19)20-10-5-2-6-11-20)24-13-15-25(16-14-24)30(27,28)23-12-7-17-29-23/h1-12,17,21H,13-16,18H2. The van der Waals surface area contributed by atoms with Gasteiger partial charge >= 0.3 is 0 Å². The van der Waals surface area contributed by atoms with Gasteiger partial charge in [0.25, 0.3) is 10.0 Å². The van der Waals surface area contributed by atoms with Crippen molar-refractivity contribution in [2.45, 2.75) is 16.5 Å². The van der Waals surface area contributed by atoms with Crippen LogP contribution in [0.25, 0.3) is 0 Å². The molecule has 1 saturated heterocycles. The number of carbonyl (C=O) groups is 1. The number of benzene rings is 2. The van der Waals surface area contributed by atoms with E-state index in [2.05, 4.69) is 24.3 Å². The first-order chi connectivity index (χ1) is 14.6. The van der Waals surface area contributed by atoms with Crippen LogP contribution in [0.5, 0.6) is 0 Å². The number of carbonyl (C=O) groups excluding carboxylic acids is 1. The number of hydrogen-bond acceptors (Lipinski definition) is 4. The predicted molar refractivity (Wildman–Crippen MR) is 119 cm³/mol. The molecule has 0 unspecified atom stereocenters. The van der Waals surface area contributed by atoms with Crippen LogP contribution in [0.3, 0.4) is 0 Å². The van der Waals surface area contributed by atoms with Crippen molar-refractivity contribution in [3.63, 3.8) is 0 Å². The minimum Gasteiger partial charge on any atom is -0.340 e. The second-order valence-electron chi connectivity index (χ2n) is 7.30. The molecule has 156 valence electrons. The molecule has 1 aliphatic rings. The molecular weight excluding hydrogens is 416 g/mol. The fourth-order valence-electron chi connectivity index (χ4n) is 3.82. The lowest BCUT2D eigenvalue weighted by Crippen LogP contribution is -2.50. The van der Waals surface area contributed by atoms with Crippen LogP contribution in [0.15, 0.2) is 82.4 Å². The van der Waals surface area contributed by atoms with Crippen molar-refractivity contribution in [2.24, 2.45) is 0 Å². The highest BCUT2D eigenvalue weighted by Crippen LogP contribution is 2.29. The number of piperazine rings is 1. The number of sulfonamides is 1. The van der Waals surface area contributed by atoms with Crippen LogP contribution in [0.2, 0.25) is 0 Å². The van der Waals surface area contributed by atoms with E-state index >= 15 is 0 Å². The van der Waals surface area contributed by atoms with Gasteiger partial charge in [-0.3, -0.25) is 4.79 Å². The third-order valence-corrected chi connectivity index (χ3v) is 8.73. The van der Waals surface area contributed by atoms with Crippen molar-refractivity contribution in [3.8, 4) is 0 Å². The van der Waals surface area contributed by atoms with Crippen LogP contribution in [0, 0.1) is 0 Å². The third-order valence-electron chi connectivity index (χ3n) is 5.46. The van der Waals surface area contributed by atoms with Crippen molar-refractivity contribution in [3.05, 3.63) is 89.3 Å². The quantitative estimate of drug-likeness (QED) is 0.586. The molecule has 4 rings (SSSR count). The van der Waals surface area contributed by atoms with Crippen LogP contribution in [-0.4, -0.2) is 49.7 Å². The molecule has 30 heavy (non-hydrogen) atoms. The minimum absolute atomic E-state index is 0.0206. The van der Waals surface area contributed by atoms with Crippen LogP contribution in [-0.2, 0) is 14.8 Å². The van der Waals surface area contributed by atoms with Gasteiger partial charge in [-0.1, -0.05) is 66.7 Å². The van der Waals surface area contributed by atoms with Gasteiger partial charge in [-0.25, -0.2) is 8.42 Å². The van der Waals surface area contributed by atoms with Gasteiger partial charge in [0.15, 0.2) is 0 Å². The van der Waals surface area contributed by atoms with Crippen molar-refractivity contribution < 1.29 is 13.2 Å². The average molecular weight is 441 g/mol. The molecule has 0 atom stereocenters. The van der Waals surface area contributed by atoms with Crippen LogP contribution in [0.4, 0.5) is 0 Å². The van der Waals surface area contributed by atoms with E-state index in [4.69, 9.17) is 0 Å². The highest BCUT2D eigenvalue weighted by atomic mass is 32.2. The lowest BCUT2D eigenvalue weighted by Gasteiger charge is -2.34. The maximum absolute atomic E-state index is 13.1. The molecule has 0 aliphatic carbocycles. The van der Waals surface area contributed by atoms with Gasteiger partial charge in [0.05, 0.1) is 0 Å². The molecule has 2 aromatic carbocycles. The molecule has 1 aromatic heterocycles. The largest absolute Gasteiger partial charge is 0.340 e. The van der Waals surface area contributed by atoms with Gasteiger partial charge in [-0.2, -0.15) is 4.31 Å². The van der Waals surface area contributed by atoms with Gasteiger partial charge < -0.3 is 4.90 Å². The average Bonchev–Trinajstić information content (AvgIpc) is 3.35. The van der Waals surface area contributed by atoms with E-state index in [1.807, 2.05) is 36.4 Å². The van der Waals surface area contributed by atoms with E-state index in [-0.39, 0.29) is 11.8 Å². The molecule has 1 aliphatic heterocycles. The summed E-state index contributed by atoms with van der Waals surface area (Å²) in [6, 6.07) is 23.5. The number of amides is 1. The lowest BCUT2D eigenvalue weighted by atomic mass is 9.88. The number of thiophene rings is 1. The normalized spacial score (nSPS) is 15.4. The predicted octanol–water partition coefficient (Wildman–Crippen LogP) is 3.80. The number of rotatable bonds is 6. The highest BCUT2D eigenvalue weighted by Gasteiger charge is 2.31. The molecule has 7 heteroatoms. The third kappa shape index (κ3) is 4.48. The molecular formula is C23H24N2O3S2. The van der Waals surface area contributed by atoms with Gasteiger partial charge in [-0.05, 0) is 22.6 Å². The van der Waals surface area contributed by atoms with Gasteiger partial charge in [0.2, 0.25) is 5.91 Å². The van der Waals surface area contributed by atoms with Crippen LogP contribution >= 0.6 is 11.3 Å². The van der Waals surface area contributed by atoms with Gasteiger partial charge in [-0.15, -0.1) is 11.3 Å². The maximum Gasteiger partial charge on any atom is 0.252 e. The summed E-state index contributed by atoms with van der Waals surface area (Å²) in [7, 11) is -3.46. The molecule has 0 N–H and O–H groups in total.